The summed E-state index contributed by atoms with van der Waals surface area (Å²) < 4.78 is 25.8. The van der Waals surface area contributed by atoms with Crippen molar-refractivity contribution in [3.63, 3.8) is 0 Å². The third-order valence-electron chi connectivity index (χ3n) is 2.13. The van der Waals surface area contributed by atoms with Gasteiger partial charge in [0, 0.05) is 19.5 Å². The van der Waals surface area contributed by atoms with Gasteiger partial charge in [-0.15, -0.1) is 12.4 Å². The molecule has 1 heterocycles. The van der Waals surface area contributed by atoms with E-state index < -0.39 is 17.8 Å². The highest BCUT2D eigenvalue weighted by molar-refractivity contribution is 5.85. The van der Waals surface area contributed by atoms with Crippen LogP contribution in [0.3, 0.4) is 0 Å². The Hall–Kier alpha value is -0.420. The largest absolute Gasteiger partial charge is 0.481 e. The van der Waals surface area contributed by atoms with Gasteiger partial charge in [-0.1, -0.05) is 0 Å². The minimum absolute atomic E-state index is 0. The molecule has 1 unspecified atom stereocenters. The van der Waals surface area contributed by atoms with Gasteiger partial charge in [0.2, 0.25) is 0 Å². The molecule has 6 heteroatoms. The van der Waals surface area contributed by atoms with Crippen LogP contribution in [0.1, 0.15) is 6.42 Å². The molecule has 13 heavy (non-hydrogen) atoms. The molecular weight excluding hydrogens is 204 g/mol. The molecule has 1 saturated heterocycles. The molecule has 0 spiro atoms. The van der Waals surface area contributed by atoms with Crippen molar-refractivity contribution in [1.82, 2.24) is 4.90 Å². The Balaban J connectivity index is 0.00000144. The normalized spacial score (nSPS) is 27.8. The highest BCUT2D eigenvalue weighted by Gasteiger charge is 2.47. The van der Waals surface area contributed by atoms with Crippen LogP contribution in [0, 0.1) is 5.92 Å². The van der Waals surface area contributed by atoms with E-state index in [1.54, 1.807) is 11.9 Å². The van der Waals surface area contributed by atoms with Crippen LogP contribution in [0.25, 0.3) is 0 Å². The van der Waals surface area contributed by atoms with Crippen molar-refractivity contribution in [2.75, 3.05) is 20.1 Å². The summed E-state index contributed by atoms with van der Waals surface area (Å²) in [7, 11) is 1.64. The number of halogens is 3. The molecule has 0 aromatic rings. The molecule has 78 valence electrons. The summed E-state index contributed by atoms with van der Waals surface area (Å²) in [4.78, 5) is 12.0. The topological polar surface area (TPSA) is 40.5 Å². The molecular formula is C7H12ClF2NO2. The highest BCUT2D eigenvalue weighted by Crippen LogP contribution is 2.32. The maximum atomic E-state index is 12.9. The maximum Gasteiger partial charge on any atom is 0.313 e. The number of aliphatic carboxylic acids is 1. The van der Waals surface area contributed by atoms with Crippen LogP contribution < -0.4 is 0 Å². The number of rotatable bonds is 1. The van der Waals surface area contributed by atoms with E-state index in [0.29, 0.717) is 0 Å². The fourth-order valence-electron chi connectivity index (χ4n) is 1.31. The van der Waals surface area contributed by atoms with Crippen LogP contribution in [0.5, 0.6) is 0 Å². The Morgan fingerprint density at radius 2 is 2.15 bits per heavy atom. The lowest BCUT2D eigenvalue weighted by Crippen LogP contribution is -2.48. The molecule has 0 bridgehead atoms. The predicted molar refractivity (Wildman–Crippen MR) is 45.4 cm³/mol. The van der Waals surface area contributed by atoms with Crippen LogP contribution in [-0.4, -0.2) is 42.0 Å². The van der Waals surface area contributed by atoms with E-state index in [1.807, 2.05) is 0 Å². The van der Waals surface area contributed by atoms with Crippen LogP contribution in [0.15, 0.2) is 0 Å². The monoisotopic (exact) mass is 215 g/mol. The molecule has 0 aromatic carbocycles. The van der Waals surface area contributed by atoms with E-state index in [9.17, 15) is 13.6 Å². The maximum absolute atomic E-state index is 12.9. The molecule has 1 aliphatic rings. The fourth-order valence-corrected chi connectivity index (χ4v) is 1.31. The molecule has 1 aliphatic heterocycles. The average molecular weight is 216 g/mol. The quantitative estimate of drug-likeness (QED) is 0.712. The van der Waals surface area contributed by atoms with E-state index >= 15 is 0 Å². The zero-order chi connectivity index (χ0) is 9.35. The number of carboxylic acid groups (broad SMARTS) is 1. The van der Waals surface area contributed by atoms with Crippen LogP contribution in [0.4, 0.5) is 8.78 Å². The lowest BCUT2D eigenvalue weighted by Gasteiger charge is -2.33. The minimum Gasteiger partial charge on any atom is -0.481 e. The van der Waals surface area contributed by atoms with E-state index in [1.165, 1.54) is 0 Å². The number of carboxylic acids is 1. The highest BCUT2D eigenvalue weighted by atomic mass is 35.5. The molecule has 0 radical (unpaired) electrons. The molecule has 1 N–H and O–H groups in total. The Morgan fingerprint density at radius 3 is 2.54 bits per heavy atom. The van der Waals surface area contributed by atoms with Crippen LogP contribution in [-0.2, 0) is 4.79 Å². The summed E-state index contributed by atoms with van der Waals surface area (Å²) in [6.07, 6.45) is -0.361. The Bertz CT molecular complexity index is 201. The predicted octanol–water partition coefficient (Wildman–Crippen LogP) is 1.08. The van der Waals surface area contributed by atoms with Crippen molar-refractivity contribution in [1.29, 1.82) is 0 Å². The number of carbonyl (C=O) groups is 1. The average Bonchev–Trinajstić information content (AvgIpc) is 1.94. The number of piperidine rings is 1. The van der Waals surface area contributed by atoms with Crippen molar-refractivity contribution in [3.8, 4) is 0 Å². The first-order valence-corrected chi connectivity index (χ1v) is 3.72. The van der Waals surface area contributed by atoms with E-state index in [-0.39, 0.29) is 31.9 Å². The first-order valence-electron chi connectivity index (χ1n) is 3.72. The van der Waals surface area contributed by atoms with Gasteiger partial charge in [-0.25, -0.2) is 8.78 Å². The van der Waals surface area contributed by atoms with Gasteiger partial charge in [-0.05, 0) is 7.05 Å². The van der Waals surface area contributed by atoms with Gasteiger partial charge in [0.05, 0.1) is 0 Å². The number of hydrogen-bond donors (Lipinski definition) is 1. The number of alkyl halides is 2. The van der Waals surface area contributed by atoms with Gasteiger partial charge in [0.25, 0.3) is 5.92 Å². The molecule has 3 nitrogen and oxygen atoms in total. The Morgan fingerprint density at radius 1 is 1.62 bits per heavy atom. The lowest BCUT2D eigenvalue weighted by molar-refractivity contribution is -0.165. The molecule has 0 aliphatic carbocycles. The molecule has 0 saturated carbocycles. The second-order valence-electron chi connectivity index (χ2n) is 3.16. The number of nitrogens with zero attached hydrogens (tertiary/aromatic N) is 1. The molecule has 1 fully saturated rings. The van der Waals surface area contributed by atoms with Crippen LogP contribution in [0.2, 0.25) is 0 Å². The lowest BCUT2D eigenvalue weighted by atomic mass is 9.94. The third-order valence-corrected chi connectivity index (χ3v) is 2.13. The summed E-state index contributed by atoms with van der Waals surface area (Å²) in [6.45, 7) is 0.194. The zero-order valence-electron chi connectivity index (χ0n) is 7.17. The Kier molecular flexibility index (Phi) is 4.06. The third kappa shape index (κ3) is 2.77. The number of hydrogen-bond acceptors (Lipinski definition) is 2. The first kappa shape index (κ1) is 12.6. The molecule has 1 atom stereocenters. The second-order valence-corrected chi connectivity index (χ2v) is 3.16. The summed E-state index contributed by atoms with van der Waals surface area (Å²) in [6, 6.07) is 0. The van der Waals surface area contributed by atoms with Crippen molar-refractivity contribution in [2.24, 2.45) is 5.92 Å². The van der Waals surface area contributed by atoms with Gasteiger partial charge in [-0.3, -0.25) is 4.79 Å². The van der Waals surface area contributed by atoms with Gasteiger partial charge in [0.15, 0.2) is 0 Å². The first-order chi connectivity index (χ1) is 5.43. The molecule has 0 amide bonds. The van der Waals surface area contributed by atoms with Crippen molar-refractivity contribution < 1.29 is 18.7 Å². The van der Waals surface area contributed by atoms with Crippen molar-refractivity contribution >= 4 is 18.4 Å². The number of likely N-dealkylation sites (tertiary alicyclic amines) is 1. The summed E-state index contributed by atoms with van der Waals surface area (Å²) in [5.41, 5.74) is 0. The van der Waals surface area contributed by atoms with Crippen LogP contribution >= 0.6 is 12.4 Å². The summed E-state index contributed by atoms with van der Waals surface area (Å²) >= 11 is 0. The smallest absolute Gasteiger partial charge is 0.313 e. The minimum atomic E-state index is -3.04. The van der Waals surface area contributed by atoms with E-state index in [2.05, 4.69) is 0 Å². The second kappa shape index (κ2) is 4.19. The van der Waals surface area contributed by atoms with Gasteiger partial charge in [0.1, 0.15) is 5.92 Å². The van der Waals surface area contributed by atoms with Gasteiger partial charge < -0.3 is 10.0 Å². The summed E-state index contributed by atoms with van der Waals surface area (Å²) in [5, 5.41) is 8.48. The zero-order valence-corrected chi connectivity index (χ0v) is 7.98. The van der Waals surface area contributed by atoms with Gasteiger partial charge in [-0.2, -0.15) is 0 Å². The SMILES string of the molecule is CN1CCC(F)(F)C(C(=O)O)C1.Cl. The van der Waals surface area contributed by atoms with Crippen molar-refractivity contribution in [3.05, 3.63) is 0 Å². The van der Waals surface area contributed by atoms with E-state index in [0.717, 1.165) is 0 Å². The van der Waals surface area contributed by atoms with E-state index in [4.69, 9.17) is 5.11 Å². The molecule has 1 rings (SSSR count). The van der Waals surface area contributed by atoms with Gasteiger partial charge >= 0.3 is 5.97 Å². The Labute approximate surface area is 81.1 Å². The van der Waals surface area contributed by atoms with Crippen molar-refractivity contribution in [2.45, 2.75) is 12.3 Å². The summed E-state index contributed by atoms with van der Waals surface area (Å²) in [5.74, 6) is -6.00. The standard InChI is InChI=1S/C7H11F2NO2.ClH/c1-10-3-2-7(8,9)5(4-10)6(11)12;/h5H,2-4H2,1H3,(H,11,12);1H. The molecule has 0 aromatic heterocycles. The fraction of sp³-hybridized carbons (Fsp3) is 0.857.